The fourth-order valence-electron chi connectivity index (χ4n) is 4.23. The number of piperidine rings is 3. The zero-order valence-corrected chi connectivity index (χ0v) is 17.6. The van der Waals surface area contributed by atoms with Crippen LogP contribution in [0.2, 0.25) is 0 Å². The molecule has 10 heteroatoms. The van der Waals surface area contributed by atoms with Crippen LogP contribution in [0.3, 0.4) is 0 Å². The zero-order chi connectivity index (χ0) is 22.2. The summed E-state index contributed by atoms with van der Waals surface area (Å²) in [6.07, 6.45) is -2.85. The molecule has 31 heavy (non-hydrogen) atoms. The van der Waals surface area contributed by atoms with Crippen molar-refractivity contribution in [3.8, 4) is 10.8 Å². The minimum absolute atomic E-state index is 0.0555. The Hall–Kier alpha value is -2.59. The number of alkyl halides is 3. The molecule has 0 spiro atoms. The van der Waals surface area contributed by atoms with Gasteiger partial charge in [-0.05, 0) is 63.0 Å². The topological polar surface area (TPSA) is 70.7 Å². The van der Waals surface area contributed by atoms with Crippen LogP contribution in [0.4, 0.5) is 18.9 Å². The molecule has 2 bridgehead atoms. The quantitative estimate of drug-likeness (QED) is 0.710. The third-order valence-electron chi connectivity index (χ3n) is 5.88. The van der Waals surface area contributed by atoms with Crippen molar-refractivity contribution < 1.29 is 27.5 Å². The van der Waals surface area contributed by atoms with Crippen LogP contribution >= 0.6 is 11.3 Å². The molecule has 3 saturated heterocycles. The Morgan fingerprint density at radius 3 is 2.52 bits per heavy atom. The summed E-state index contributed by atoms with van der Waals surface area (Å²) in [4.78, 5) is 26.9. The van der Waals surface area contributed by atoms with E-state index in [1.165, 1.54) is 18.2 Å². The number of ether oxygens (including phenoxy) is 1. The normalized spacial score (nSPS) is 25.2. The lowest BCUT2D eigenvalue weighted by Crippen LogP contribution is -2.62. The second-order valence-electron chi connectivity index (χ2n) is 7.78. The molecule has 4 heterocycles. The highest BCUT2D eigenvalue weighted by Crippen LogP contribution is 2.36. The van der Waals surface area contributed by atoms with E-state index < -0.39 is 12.1 Å². The number of fused-ring (bicyclic) bond motifs is 3. The number of para-hydroxylation sites is 2. The Labute approximate surface area is 181 Å². The van der Waals surface area contributed by atoms with Crippen molar-refractivity contribution in [2.24, 2.45) is 5.92 Å². The largest absolute Gasteiger partial charge is 0.471 e. The molecule has 3 fully saturated rings. The van der Waals surface area contributed by atoms with Gasteiger partial charge in [0, 0.05) is 12.1 Å². The predicted molar refractivity (Wildman–Crippen MR) is 111 cm³/mol. The van der Waals surface area contributed by atoms with Gasteiger partial charge in [-0.1, -0.05) is 23.5 Å². The van der Waals surface area contributed by atoms with Crippen LogP contribution in [-0.4, -0.2) is 48.1 Å². The van der Waals surface area contributed by atoms with Crippen LogP contribution in [-0.2, 0) is 4.79 Å². The van der Waals surface area contributed by atoms with E-state index in [1.807, 2.05) is 0 Å². The van der Waals surface area contributed by atoms with E-state index in [0.717, 1.165) is 37.3 Å². The van der Waals surface area contributed by atoms with Crippen LogP contribution in [0.15, 0.2) is 36.4 Å². The third kappa shape index (κ3) is 4.69. The van der Waals surface area contributed by atoms with Gasteiger partial charge in [0.1, 0.15) is 0 Å². The summed E-state index contributed by atoms with van der Waals surface area (Å²) >= 11 is 1.10. The highest BCUT2D eigenvalue weighted by Gasteiger charge is 2.41. The predicted octanol–water partition coefficient (Wildman–Crippen LogP) is 4.25. The molecule has 5 rings (SSSR count). The molecule has 3 aliphatic rings. The van der Waals surface area contributed by atoms with E-state index in [9.17, 15) is 22.8 Å². The molecule has 2 amide bonds. The van der Waals surface area contributed by atoms with Crippen LogP contribution in [0.25, 0.3) is 0 Å². The van der Waals surface area contributed by atoms with Crippen LogP contribution in [0.5, 0.6) is 10.8 Å². The van der Waals surface area contributed by atoms with Gasteiger partial charge in [0.15, 0.2) is 10.8 Å². The van der Waals surface area contributed by atoms with Crippen molar-refractivity contribution >= 4 is 28.8 Å². The number of anilines is 1. The molecule has 1 aromatic carbocycles. The number of carbonyl (C=O) groups is 2. The SMILES string of the molecule is C[C@@H]1[C@H](NC(=O)c2ccc(Oc3ccccc3NC(=O)C(F)(F)F)s2)C2CCN1CC2. The molecule has 1 aromatic heterocycles. The Kier molecular flexibility index (Phi) is 5.94. The number of nitrogens with zero attached hydrogens (tertiary/aromatic N) is 1. The summed E-state index contributed by atoms with van der Waals surface area (Å²) in [5.74, 6) is -1.74. The monoisotopic (exact) mass is 453 g/mol. The van der Waals surface area contributed by atoms with Gasteiger partial charge in [0.05, 0.1) is 10.6 Å². The van der Waals surface area contributed by atoms with Gasteiger partial charge in [-0.25, -0.2) is 0 Å². The van der Waals surface area contributed by atoms with Crippen molar-refractivity contribution in [2.75, 3.05) is 18.4 Å². The molecule has 2 aromatic rings. The number of amides is 2. The van der Waals surface area contributed by atoms with Crippen molar-refractivity contribution in [3.05, 3.63) is 41.3 Å². The molecule has 0 saturated carbocycles. The average molecular weight is 453 g/mol. The van der Waals surface area contributed by atoms with E-state index in [2.05, 4.69) is 17.1 Å². The first kappa shape index (κ1) is 21.6. The molecular weight excluding hydrogens is 431 g/mol. The summed E-state index contributed by atoms with van der Waals surface area (Å²) in [6.45, 7) is 4.27. The Balaban J connectivity index is 1.43. The van der Waals surface area contributed by atoms with Crippen LogP contribution in [0.1, 0.15) is 29.4 Å². The standard InChI is InChI=1S/C21H22F3N3O3S/c1-12-18(13-8-10-27(12)11-9-13)26-19(28)16-6-7-17(31-16)30-15-5-3-2-4-14(15)25-20(29)21(22,23)24/h2-7,12-13,18H,8-11H2,1H3,(H,25,29)(H,26,28)/t12-,18+/m1/s1. The maximum atomic E-state index is 12.8. The first-order chi connectivity index (χ1) is 14.7. The van der Waals surface area contributed by atoms with Crippen LogP contribution < -0.4 is 15.4 Å². The van der Waals surface area contributed by atoms with Crippen molar-refractivity contribution in [1.29, 1.82) is 0 Å². The van der Waals surface area contributed by atoms with Gasteiger partial charge >= 0.3 is 12.1 Å². The number of thiophene rings is 1. The summed E-state index contributed by atoms with van der Waals surface area (Å²) in [5, 5.41) is 5.28. The van der Waals surface area contributed by atoms with E-state index in [1.54, 1.807) is 23.5 Å². The molecule has 2 N–H and O–H groups in total. The maximum absolute atomic E-state index is 12.8. The van der Waals surface area contributed by atoms with Gasteiger partial charge in [-0.3, -0.25) is 14.5 Å². The Morgan fingerprint density at radius 2 is 1.84 bits per heavy atom. The van der Waals surface area contributed by atoms with Crippen molar-refractivity contribution in [1.82, 2.24) is 10.2 Å². The van der Waals surface area contributed by atoms with Gasteiger partial charge in [-0.15, -0.1) is 0 Å². The highest BCUT2D eigenvalue weighted by atomic mass is 32.1. The van der Waals surface area contributed by atoms with E-state index >= 15 is 0 Å². The summed E-state index contributed by atoms with van der Waals surface area (Å²) in [7, 11) is 0. The molecule has 0 radical (unpaired) electrons. The number of hydrogen-bond acceptors (Lipinski definition) is 5. The van der Waals surface area contributed by atoms with Crippen LogP contribution in [0, 0.1) is 5.92 Å². The molecule has 166 valence electrons. The lowest BCUT2D eigenvalue weighted by atomic mass is 9.79. The van der Waals surface area contributed by atoms with Gasteiger partial charge in [0.25, 0.3) is 5.91 Å². The fraction of sp³-hybridized carbons (Fsp3) is 0.429. The van der Waals surface area contributed by atoms with E-state index in [4.69, 9.17) is 4.74 Å². The van der Waals surface area contributed by atoms with Crippen molar-refractivity contribution in [3.63, 3.8) is 0 Å². The number of benzene rings is 1. The minimum Gasteiger partial charge on any atom is -0.444 e. The first-order valence-electron chi connectivity index (χ1n) is 10.0. The molecule has 2 atom stereocenters. The second kappa shape index (κ2) is 8.51. The smallest absolute Gasteiger partial charge is 0.444 e. The number of halogens is 3. The Bertz CT molecular complexity index is 968. The van der Waals surface area contributed by atoms with Gasteiger partial charge in [0.2, 0.25) is 0 Å². The van der Waals surface area contributed by atoms with Crippen molar-refractivity contribution in [2.45, 2.75) is 38.0 Å². The number of rotatable bonds is 5. The van der Waals surface area contributed by atoms with E-state index in [-0.39, 0.29) is 29.4 Å². The molecule has 0 aliphatic carbocycles. The van der Waals surface area contributed by atoms with Gasteiger partial charge < -0.3 is 15.4 Å². The first-order valence-corrected chi connectivity index (χ1v) is 10.8. The average Bonchev–Trinajstić information content (AvgIpc) is 3.20. The maximum Gasteiger partial charge on any atom is 0.471 e. The lowest BCUT2D eigenvalue weighted by Gasteiger charge is -2.49. The third-order valence-corrected chi connectivity index (χ3v) is 6.85. The zero-order valence-electron chi connectivity index (χ0n) is 16.7. The second-order valence-corrected chi connectivity index (χ2v) is 8.83. The number of nitrogens with one attached hydrogen (secondary N) is 2. The lowest BCUT2D eigenvalue weighted by molar-refractivity contribution is -0.167. The number of hydrogen-bond donors (Lipinski definition) is 2. The summed E-state index contributed by atoms with van der Waals surface area (Å²) < 4.78 is 43.4. The Morgan fingerprint density at radius 1 is 1.13 bits per heavy atom. The fourth-order valence-corrected chi connectivity index (χ4v) is 5.00. The summed E-state index contributed by atoms with van der Waals surface area (Å²) in [6, 6.07) is 9.42. The molecule has 3 aliphatic heterocycles. The van der Waals surface area contributed by atoms with E-state index in [0.29, 0.717) is 15.9 Å². The minimum atomic E-state index is -5.01. The van der Waals surface area contributed by atoms with Gasteiger partial charge in [-0.2, -0.15) is 13.2 Å². The highest BCUT2D eigenvalue weighted by molar-refractivity contribution is 7.15. The molecule has 0 unspecified atom stereocenters. The summed E-state index contributed by atoms with van der Waals surface area (Å²) in [5.41, 5.74) is -0.106. The molecule has 6 nitrogen and oxygen atoms in total. The number of carbonyl (C=O) groups excluding carboxylic acids is 2. The molecular formula is C21H22F3N3O3S.